The predicted octanol–water partition coefficient (Wildman–Crippen LogP) is 2.70. The lowest BCUT2D eigenvalue weighted by Crippen LogP contribution is -2.49. The summed E-state index contributed by atoms with van der Waals surface area (Å²) in [5.74, 6) is 0.319. The van der Waals surface area contributed by atoms with Gasteiger partial charge in [-0.1, -0.05) is 20.3 Å². The second-order valence-corrected chi connectivity index (χ2v) is 6.85. The number of hydrogen-bond donors (Lipinski definition) is 3. The van der Waals surface area contributed by atoms with Crippen LogP contribution in [0.4, 0.5) is 4.79 Å². The summed E-state index contributed by atoms with van der Waals surface area (Å²) in [5.41, 5.74) is 1.09. The molecule has 0 aliphatic heterocycles. The van der Waals surface area contributed by atoms with Crippen molar-refractivity contribution in [3.05, 3.63) is 22.4 Å². The van der Waals surface area contributed by atoms with Crippen LogP contribution in [0.3, 0.4) is 0 Å². The van der Waals surface area contributed by atoms with E-state index in [9.17, 15) is 9.90 Å². The predicted molar refractivity (Wildman–Crippen MR) is 82.1 cm³/mol. The molecule has 1 aromatic heterocycles. The van der Waals surface area contributed by atoms with Gasteiger partial charge in [-0.25, -0.2) is 4.79 Å². The Morgan fingerprint density at radius 3 is 3.10 bits per heavy atom. The van der Waals surface area contributed by atoms with Crippen LogP contribution < -0.4 is 10.6 Å². The molecular weight excluding hydrogens is 272 g/mol. The minimum absolute atomic E-state index is 0.0731. The molecule has 2 rings (SSSR count). The molecule has 0 saturated heterocycles. The van der Waals surface area contributed by atoms with E-state index in [1.54, 1.807) is 11.3 Å². The standard InChI is InChI=1S/C15H24N2O2S/c1-11(12-5-7-20-9-12)8-16-14(19)17-13-4-3-6-15(13,2)10-18/h5,7,9,11,13,18H,3-4,6,8,10H2,1-2H3,(H2,16,17,19). The van der Waals surface area contributed by atoms with Gasteiger partial charge < -0.3 is 15.7 Å². The Morgan fingerprint density at radius 1 is 1.65 bits per heavy atom. The first-order valence-electron chi connectivity index (χ1n) is 7.22. The molecule has 1 fully saturated rings. The largest absolute Gasteiger partial charge is 0.396 e. The van der Waals surface area contributed by atoms with E-state index in [1.165, 1.54) is 5.56 Å². The molecule has 112 valence electrons. The van der Waals surface area contributed by atoms with Crippen molar-refractivity contribution in [2.45, 2.75) is 45.1 Å². The molecule has 3 N–H and O–H groups in total. The molecule has 1 aliphatic rings. The minimum atomic E-state index is -0.170. The SMILES string of the molecule is CC(CNC(=O)NC1CCCC1(C)CO)c1ccsc1. The second-order valence-electron chi connectivity index (χ2n) is 6.07. The number of aliphatic hydroxyl groups excluding tert-OH is 1. The molecule has 3 unspecified atom stereocenters. The van der Waals surface area contributed by atoms with Gasteiger partial charge in [-0.3, -0.25) is 0 Å². The Kier molecular flexibility index (Phi) is 5.05. The Labute approximate surface area is 124 Å². The molecular formula is C15H24N2O2S. The zero-order chi connectivity index (χ0) is 14.6. The second kappa shape index (κ2) is 6.59. The highest BCUT2D eigenvalue weighted by Crippen LogP contribution is 2.37. The van der Waals surface area contributed by atoms with Crippen molar-refractivity contribution in [1.82, 2.24) is 10.6 Å². The molecule has 1 saturated carbocycles. The fraction of sp³-hybridized carbons (Fsp3) is 0.667. The molecule has 0 radical (unpaired) electrons. The first-order chi connectivity index (χ1) is 9.55. The van der Waals surface area contributed by atoms with Gasteiger partial charge in [-0.2, -0.15) is 11.3 Å². The Morgan fingerprint density at radius 2 is 2.45 bits per heavy atom. The van der Waals surface area contributed by atoms with E-state index >= 15 is 0 Å². The summed E-state index contributed by atoms with van der Waals surface area (Å²) in [6, 6.07) is 2.04. The van der Waals surface area contributed by atoms with Gasteiger partial charge in [-0.15, -0.1) is 0 Å². The zero-order valence-corrected chi connectivity index (χ0v) is 13.0. The van der Waals surface area contributed by atoms with Crippen LogP contribution in [0.25, 0.3) is 0 Å². The molecule has 20 heavy (non-hydrogen) atoms. The van der Waals surface area contributed by atoms with Gasteiger partial charge in [0.1, 0.15) is 0 Å². The van der Waals surface area contributed by atoms with Gasteiger partial charge in [0.2, 0.25) is 0 Å². The highest BCUT2D eigenvalue weighted by atomic mass is 32.1. The van der Waals surface area contributed by atoms with Crippen molar-refractivity contribution >= 4 is 17.4 Å². The average Bonchev–Trinajstić information content (AvgIpc) is 3.07. The molecule has 1 aliphatic carbocycles. The van der Waals surface area contributed by atoms with Crippen LogP contribution in [-0.2, 0) is 0 Å². The van der Waals surface area contributed by atoms with Crippen LogP contribution >= 0.6 is 11.3 Å². The van der Waals surface area contributed by atoms with Gasteiger partial charge in [0.15, 0.2) is 0 Å². The van der Waals surface area contributed by atoms with Crippen LogP contribution in [0.5, 0.6) is 0 Å². The maximum atomic E-state index is 12.0. The van der Waals surface area contributed by atoms with Crippen LogP contribution in [-0.4, -0.2) is 30.3 Å². The third kappa shape index (κ3) is 3.52. The van der Waals surface area contributed by atoms with Crippen molar-refractivity contribution in [2.24, 2.45) is 5.41 Å². The number of hydrogen-bond acceptors (Lipinski definition) is 3. The van der Waals surface area contributed by atoms with E-state index in [0.29, 0.717) is 12.5 Å². The smallest absolute Gasteiger partial charge is 0.315 e. The molecule has 5 heteroatoms. The Hall–Kier alpha value is -1.07. The Bertz CT molecular complexity index is 435. The summed E-state index contributed by atoms with van der Waals surface area (Å²) in [5, 5.41) is 19.6. The maximum absolute atomic E-state index is 12.0. The third-order valence-electron chi connectivity index (χ3n) is 4.43. The summed E-state index contributed by atoms with van der Waals surface area (Å²) in [4.78, 5) is 12.0. The number of nitrogens with one attached hydrogen (secondary N) is 2. The normalized spacial score (nSPS) is 27.2. The van der Waals surface area contributed by atoms with E-state index in [4.69, 9.17) is 0 Å². The van der Waals surface area contributed by atoms with E-state index in [-0.39, 0.29) is 24.1 Å². The summed E-state index contributed by atoms with van der Waals surface area (Å²) in [6.07, 6.45) is 2.98. The van der Waals surface area contributed by atoms with Gasteiger partial charge >= 0.3 is 6.03 Å². The Balaban J connectivity index is 1.78. The van der Waals surface area contributed by atoms with Crippen LogP contribution in [0.1, 0.15) is 44.6 Å². The zero-order valence-electron chi connectivity index (χ0n) is 12.2. The lowest BCUT2D eigenvalue weighted by molar-refractivity contribution is 0.121. The van der Waals surface area contributed by atoms with Crippen molar-refractivity contribution in [3.8, 4) is 0 Å². The van der Waals surface area contributed by atoms with Crippen LogP contribution in [0, 0.1) is 5.41 Å². The highest BCUT2D eigenvalue weighted by Gasteiger charge is 2.39. The van der Waals surface area contributed by atoms with Crippen molar-refractivity contribution < 1.29 is 9.90 Å². The van der Waals surface area contributed by atoms with Gasteiger partial charge in [0, 0.05) is 18.0 Å². The number of aliphatic hydroxyl groups is 1. The number of carbonyl (C=O) groups excluding carboxylic acids is 1. The monoisotopic (exact) mass is 296 g/mol. The number of amides is 2. The van der Waals surface area contributed by atoms with Crippen LogP contribution in [0.15, 0.2) is 16.8 Å². The number of carbonyl (C=O) groups is 1. The fourth-order valence-electron chi connectivity index (χ4n) is 2.80. The molecule has 3 atom stereocenters. The third-order valence-corrected chi connectivity index (χ3v) is 5.13. The highest BCUT2D eigenvalue weighted by molar-refractivity contribution is 7.07. The van der Waals surface area contributed by atoms with E-state index in [0.717, 1.165) is 19.3 Å². The number of rotatable bonds is 5. The van der Waals surface area contributed by atoms with Crippen molar-refractivity contribution in [3.63, 3.8) is 0 Å². The minimum Gasteiger partial charge on any atom is -0.396 e. The van der Waals surface area contributed by atoms with E-state index < -0.39 is 0 Å². The maximum Gasteiger partial charge on any atom is 0.315 e. The lowest BCUT2D eigenvalue weighted by Gasteiger charge is -2.30. The van der Waals surface area contributed by atoms with Gasteiger partial charge in [-0.05, 0) is 41.1 Å². The van der Waals surface area contributed by atoms with Crippen LogP contribution in [0.2, 0.25) is 0 Å². The average molecular weight is 296 g/mol. The first kappa shape index (κ1) is 15.3. The molecule has 0 bridgehead atoms. The molecule has 2 amide bonds. The summed E-state index contributed by atoms with van der Waals surface area (Å²) < 4.78 is 0. The summed E-state index contributed by atoms with van der Waals surface area (Å²) in [7, 11) is 0. The topological polar surface area (TPSA) is 61.4 Å². The van der Waals surface area contributed by atoms with E-state index in [1.807, 2.05) is 6.92 Å². The molecule has 1 heterocycles. The summed E-state index contributed by atoms with van der Waals surface area (Å²) >= 11 is 1.67. The first-order valence-corrected chi connectivity index (χ1v) is 8.17. The fourth-order valence-corrected chi connectivity index (χ4v) is 3.58. The quantitative estimate of drug-likeness (QED) is 0.782. The van der Waals surface area contributed by atoms with E-state index in [2.05, 4.69) is 34.4 Å². The van der Waals surface area contributed by atoms with Gasteiger partial charge in [0.05, 0.1) is 6.61 Å². The molecule has 0 aromatic carbocycles. The molecule has 4 nitrogen and oxygen atoms in total. The van der Waals surface area contributed by atoms with Crippen molar-refractivity contribution in [2.75, 3.05) is 13.2 Å². The summed E-state index contributed by atoms with van der Waals surface area (Å²) in [6.45, 7) is 4.91. The molecule has 0 spiro atoms. The molecule has 1 aromatic rings. The van der Waals surface area contributed by atoms with Gasteiger partial charge in [0.25, 0.3) is 0 Å². The number of urea groups is 1. The number of thiophene rings is 1. The van der Waals surface area contributed by atoms with Crippen molar-refractivity contribution in [1.29, 1.82) is 0 Å². The lowest BCUT2D eigenvalue weighted by atomic mass is 9.86.